The Hall–Kier alpha value is -3.85. The highest BCUT2D eigenvalue weighted by molar-refractivity contribution is 7.92. The van der Waals surface area contributed by atoms with Crippen LogP contribution in [0.25, 0.3) is 0 Å². The lowest BCUT2D eigenvalue weighted by Gasteiger charge is -2.34. The summed E-state index contributed by atoms with van der Waals surface area (Å²) < 4.78 is 29.0. The van der Waals surface area contributed by atoms with E-state index in [2.05, 4.69) is 5.32 Å². The fourth-order valence-corrected chi connectivity index (χ4v) is 6.47. The van der Waals surface area contributed by atoms with E-state index >= 15 is 0 Å². The lowest BCUT2D eigenvalue weighted by Crippen LogP contribution is -2.54. The maximum Gasteiger partial charge on any atom is 0.264 e. The minimum absolute atomic E-state index is 0.0163. The lowest BCUT2D eigenvalue weighted by atomic mass is 10.0. The molecule has 0 saturated carbocycles. The molecule has 1 atom stereocenters. The molecule has 4 aromatic carbocycles. The van der Waals surface area contributed by atoms with Crippen molar-refractivity contribution in [2.75, 3.05) is 10.8 Å². The summed E-state index contributed by atoms with van der Waals surface area (Å²) in [6.45, 7) is 3.14. The van der Waals surface area contributed by atoms with E-state index < -0.39 is 28.5 Å². The first-order valence-corrected chi connectivity index (χ1v) is 16.0. The Kier molecular flexibility index (Phi) is 10.9. The average molecular weight is 639 g/mol. The molecule has 4 rings (SSSR count). The highest BCUT2D eigenvalue weighted by Gasteiger charge is 2.34. The van der Waals surface area contributed by atoms with Crippen molar-refractivity contribution >= 4 is 50.7 Å². The fourth-order valence-electron chi connectivity index (χ4n) is 4.65. The van der Waals surface area contributed by atoms with Crippen LogP contribution in [0.3, 0.4) is 0 Å². The van der Waals surface area contributed by atoms with Gasteiger partial charge < -0.3 is 10.2 Å². The molecule has 0 radical (unpaired) electrons. The summed E-state index contributed by atoms with van der Waals surface area (Å²) in [6.07, 6.45) is 0.217. The van der Waals surface area contributed by atoms with E-state index in [0.29, 0.717) is 15.6 Å². The van der Waals surface area contributed by atoms with E-state index in [0.717, 1.165) is 9.87 Å². The Labute approximate surface area is 263 Å². The Morgan fingerprint density at radius 1 is 0.767 bits per heavy atom. The number of anilines is 1. The number of carbonyl (C=O) groups excluding carboxylic acids is 2. The smallest absolute Gasteiger partial charge is 0.264 e. The molecule has 1 N–H and O–H groups in total. The second-order valence-electron chi connectivity index (χ2n) is 10.3. The normalized spacial score (nSPS) is 12.0. The van der Waals surface area contributed by atoms with E-state index in [-0.39, 0.29) is 35.5 Å². The van der Waals surface area contributed by atoms with E-state index in [9.17, 15) is 18.0 Å². The van der Waals surface area contributed by atoms with Crippen LogP contribution in [0, 0.1) is 0 Å². The molecule has 0 spiro atoms. The predicted molar refractivity (Wildman–Crippen MR) is 172 cm³/mol. The van der Waals surface area contributed by atoms with Gasteiger partial charge >= 0.3 is 0 Å². The van der Waals surface area contributed by atoms with Crippen LogP contribution < -0.4 is 9.62 Å². The third kappa shape index (κ3) is 8.60. The first-order valence-electron chi connectivity index (χ1n) is 13.8. The number of sulfonamides is 1. The van der Waals surface area contributed by atoms with E-state index in [1.54, 1.807) is 54.6 Å². The molecule has 0 bridgehead atoms. The summed E-state index contributed by atoms with van der Waals surface area (Å²) >= 11 is 12.5. The van der Waals surface area contributed by atoms with Crippen molar-refractivity contribution in [3.63, 3.8) is 0 Å². The summed E-state index contributed by atoms with van der Waals surface area (Å²) in [5, 5.41) is 3.72. The van der Waals surface area contributed by atoms with Gasteiger partial charge in [-0.2, -0.15) is 0 Å². The summed E-state index contributed by atoms with van der Waals surface area (Å²) in [5.41, 5.74) is 1.76. The minimum atomic E-state index is -4.20. The molecule has 2 amide bonds. The van der Waals surface area contributed by atoms with Gasteiger partial charge in [-0.3, -0.25) is 13.9 Å². The molecule has 7 nitrogen and oxygen atoms in total. The van der Waals surface area contributed by atoms with Crippen LogP contribution in [0.5, 0.6) is 0 Å². The molecule has 0 aromatic heterocycles. The molecule has 0 aliphatic carbocycles. The zero-order valence-electron chi connectivity index (χ0n) is 23.9. The monoisotopic (exact) mass is 637 g/mol. The van der Waals surface area contributed by atoms with Crippen molar-refractivity contribution in [2.24, 2.45) is 0 Å². The largest absolute Gasteiger partial charge is 0.352 e. The maximum atomic E-state index is 14.4. The summed E-state index contributed by atoms with van der Waals surface area (Å²) in [5.74, 6) is -0.922. The molecular weight excluding hydrogens is 605 g/mol. The van der Waals surface area contributed by atoms with Gasteiger partial charge in [0.15, 0.2) is 0 Å². The zero-order chi connectivity index (χ0) is 31.0. The highest BCUT2D eigenvalue weighted by atomic mass is 35.5. The number of benzene rings is 4. The Morgan fingerprint density at radius 3 is 1.95 bits per heavy atom. The zero-order valence-corrected chi connectivity index (χ0v) is 26.2. The highest BCUT2D eigenvalue weighted by Crippen LogP contribution is 2.27. The Morgan fingerprint density at radius 2 is 1.35 bits per heavy atom. The van der Waals surface area contributed by atoms with E-state index in [1.807, 2.05) is 50.2 Å². The second kappa shape index (κ2) is 14.6. The number of rotatable bonds is 12. The predicted octanol–water partition coefficient (Wildman–Crippen LogP) is 6.35. The Bertz CT molecular complexity index is 1650. The van der Waals surface area contributed by atoms with Crippen LogP contribution in [-0.2, 0) is 32.6 Å². The van der Waals surface area contributed by atoms with Gasteiger partial charge in [-0.25, -0.2) is 8.42 Å². The molecule has 0 fully saturated rings. The first kappa shape index (κ1) is 32.1. The van der Waals surface area contributed by atoms with Crippen molar-refractivity contribution in [1.82, 2.24) is 10.2 Å². The van der Waals surface area contributed by atoms with Crippen molar-refractivity contribution < 1.29 is 18.0 Å². The minimum Gasteiger partial charge on any atom is -0.352 e. The molecule has 4 aromatic rings. The third-order valence-electron chi connectivity index (χ3n) is 6.65. The van der Waals surface area contributed by atoms with Crippen molar-refractivity contribution in [3.8, 4) is 0 Å². The molecule has 0 saturated heterocycles. The van der Waals surface area contributed by atoms with Crippen LogP contribution in [-0.4, -0.2) is 43.8 Å². The van der Waals surface area contributed by atoms with Crippen LogP contribution in [0.2, 0.25) is 10.0 Å². The van der Waals surface area contributed by atoms with Gasteiger partial charge in [0, 0.05) is 29.1 Å². The number of halogens is 2. The van der Waals surface area contributed by atoms with Gasteiger partial charge in [0.25, 0.3) is 10.0 Å². The van der Waals surface area contributed by atoms with E-state index in [4.69, 9.17) is 23.2 Å². The summed E-state index contributed by atoms with van der Waals surface area (Å²) in [4.78, 5) is 29.5. The number of nitrogens with zero attached hydrogens (tertiary/aromatic N) is 2. The molecule has 43 heavy (non-hydrogen) atoms. The molecule has 0 unspecified atom stereocenters. The number of amides is 2. The molecule has 0 aliphatic heterocycles. The van der Waals surface area contributed by atoms with Gasteiger partial charge in [0.05, 0.1) is 10.6 Å². The lowest BCUT2D eigenvalue weighted by molar-refractivity contribution is -0.140. The molecular formula is C33H33Cl2N3O4S. The summed E-state index contributed by atoms with van der Waals surface area (Å²) in [6, 6.07) is 29.4. The quantitative estimate of drug-likeness (QED) is 0.196. The van der Waals surface area contributed by atoms with Crippen molar-refractivity contribution in [3.05, 3.63) is 130 Å². The second-order valence-corrected chi connectivity index (χ2v) is 13.1. The van der Waals surface area contributed by atoms with Crippen molar-refractivity contribution in [2.45, 2.75) is 43.8 Å². The van der Waals surface area contributed by atoms with Crippen LogP contribution >= 0.6 is 23.2 Å². The number of carbonyl (C=O) groups is 2. The van der Waals surface area contributed by atoms with Gasteiger partial charge in [-0.05, 0) is 67.4 Å². The van der Waals surface area contributed by atoms with Gasteiger partial charge in [-0.15, -0.1) is 0 Å². The molecule has 0 aliphatic rings. The van der Waals surface area contributed by atoms with Crippen LogP contribution in [0.4, 0.5) is 5.69 Å². The summed E-state index contributed by atoms with van der Waals surface area (Å²) in [7, 11) is -4.20. The molecule has 224 valence electrons. The maximum absolute atomic E-state index is 14.4. The SMILES string of the molecule is CC(C)NC(=O)[C@H](Cc1ccccc1)N(Cc1cccc(Cl)c1)C(=O)CN(c1cccc(Cl)c1)S(=O)(=O)c1ccccc1. The molecule has 10 heteroatoms. The van der Waals surface area contributed by atoms with Crippen LogP contribution in [0.1, 0.15) is 25.0 Å². The van der Waals surface area contributed by atoms with Gasteiger partial charge in [0.2, 0.25) is 11.8 Å². The first-order chi connectivity index (χ1) is 20.5. The van der Waals surface area contributed by atoms with Gasteiger partial charge in [-0.1, -0.05) is 89.9 Å². The standard InChI is InChI=1S/C33H33Cl2N3O4S/c1-24(2)36-33(40)31(20-25-11-5-3-6-12-25)37(22-26-13-9-14-27(34)19-26)32(39)23-38(29-16-10-15-28(35)21-29)43(41,42)30-17-7-4-8-18-30/h3-19,21,24,31H,20,22-23H2,1-2H3,(H,36,40)/t31-/m0/s1. The third-order valence-corrected chi connectivity index (χ3v) is 8.91. The van der Waals surface area contributed by atoms with E-state index in [1.165, 1.54) is 23.1 Å². The average Bonchev–Trinajstić information content (AvgIpc) is 2.98. The van der Waals surface area contributed by atoms with Gasteiger partial charge in [0.1, 0.15) is 12.6 Å². The molecule has 0 heterocycles. The number of hydrogen-bond acceptors (Lipinski definition) is 4. The fraction of sp³-hybridized carbons (Fsp3) is 0.212. The number of nitrogens with one attached hydrogen (secondary N) is 1. The number of hydrogen-bond donors (Lipinski definition) is 1. The van der Waals surface area contributed by atoms with Crippen molar-refractivity contribution in [1.29, 1.82) is 0 Å². The van der Waals surface area contributed by atoms with Crippen LogP contribution in [0.15, 0.2) is 114 Å². The Balaban J connectivity index is 1.80. The topological polar surface area (TPSA) is 86.8 Å².